The van der Waals surface area contributed by atoms with Crippen LogP contribution >= 0.6 is 0 Å². The zero-order valence-electron chi connectivity index (χ0n) is 20.4. The Morgan fingerprint density at radius 2 is 1.78 bits per heavy atom. The lowest BCUT2D eigenvalue weighted by Crippen LogP contribution is -2.59. The Morgan fingerprint density at radius 1 is 1.06 bits per heavy atom. The SMILES string of the molecule is CC(C)c1ccc2c(c1)CCC1[C@](C)(NCCCC(N)c3ccc(F)cc3)CCC[C@]21C. The van der Waals surface area contributed by atoms with Crippen molar-refractivity contribution in [2.45, 2.75) is 95.6 Å². The second-order valence-electron chi connectivity index (χ2n) is 11.1. The fourth-order valence-corrected chi connectivity index (χ4v) is 6.65. The first kappa shape index (κ1) is 23.4. The summed E-state index contributed by atoms with van der Waals surface area (Å²) >= 11 is 0. The number of nitrogens with one attached hydrogen (secondary N) is 1. The van der Waals surface area contributed by atoms with E-state index in [1.807, 2.05) is 12.1 Å². The second kappa shape index (κ2) is 9.27. The van der Waals surface area contributed by atoms with Gasteiger partial charge in [0, 0.05) is 11.6 Å². The summed E-state index contributed by atoms with van der Waals surface area (Å²) in [6.45, 7) is 10.5. The van der Waals surface area contributed by atoms with E-state index < -0.39 is 0 Å². The van der Waals surface area contributed by atoms with Crippen LogP contribution in [0.4, 0.5) is 4.39 Å². The molecule has 1 saturated carbocycles. The number of rotatable bonds is 7. The predicted molar refractivity (Wildman–Crippen MR) is 133 cm³/mol. The highest BCUT2D eigenvalue weighted by Gasteiger charge is 2.51. The molecule has 2 nitrogen and oxygen atoms in total. The van der Waals surface area contributed by atoms with Crippen LogP contribution in [0.5, 0.6) is 0 Å². The Kier molecular flexibility index (Phi) is 6.79. The van der Waals surface area contributed by atoms with Crippen LogP contribution in [0.3, 0.4) is 0 Å². The fraction of sp³-hybridized carbons (Fsp3) is 0.586. The van der Waals surface area contributed by atoms with Gasteiger partial charge in [-0.15, -0.1) is 0 Å². The van der Waals surface area contributed by atoms with Gasteiger partial charge in [0.1, 0.15) is 5.82 Å². The molecule has 0 amide bonds. The molecule has 0 spiro atoms. The fourth-order valence-electron chi connectivity index (χ4n) is 6.65. The number of hydrogen-bond donors (Lipinski definition) is 2. The third-order valence-electron chi connectivity index (χ3n) is 8.56. The highest BCUT2D eigenvalue weighted by atomic mass is 19.1. The summed E-state index contributed by atoms with van der Waals surface area (Å²) in [4.78, 5) is 0. The average Bonchev–Trinajstić information content (AvgIpc) is 2.76. The van der Waals surface area contributed by atoms with Crippen molar-refractivity contribution in [1.29, 1.82) is 0 Å². The number of aryl methyl sites for hydroxylation is 1. The summed E-state index contributed by atoms with van der Waals surface area (Å²) in [6.07, 6.45) is 8.22. The van der Waals surface area contributed by atoms with Gasteiger partial charge in [-0.2, -0.15) is 0 Å². The van der Waals surface area contributed by atoms with Crippen LogP contribution in [0.25, 0.3) is 0 Å². The molecule has 0 radical (unpaired) electrons. The lowest BCUT2D eigenvalue weighted by atomic mass is 9.52. The van der Waals surface area contributed by atoms with Crippen LogP contribution in [0.1, 0.15) is 100 Å². The summed E-state index contributed by atoms with van der Waals surface area (Å²) < 4.78 is 13.2. The van der Waals surface area contributed by atoms with Crippen molar-refractivity contribution < 1.29 is 4.39 Å². The minimum Gasteiger partial charge on any atom is -0.324 e. The first-order chi connectivity index (χ1) is 15.2. The largest absolute Gasteiger partial charge is 0.324 e. The number of hydrogen-bond acceptors (Lipinski definition) is 2. The average molecular weight is 437 g/mol. The third kappa shape index (κ3) is 4.52. The Bertz CT molecular complexity index is 921. The van der Waals surface area contributed by atoms with Gasteiger partial charge in [0.15, 0.2) is 0 Å². The van der Waals surface area contributed by atoms with Crippen LogP contribution in [0, 0.1) is 11.7 Å². The van der Waals surface area contributed by atoms with Gasteiger partial charge in [-0.25, -0.2) is 4.39 Å². The molecule has 1 fully saturated rings. The summed E-state index contributed by atoms with van der Waals surface area (Å²) in [6, 6.07) is 13.9. The molecule has 2 aliphatic rings. The maximum atomic E-state index is 13.2. The predicted octanol–water partition coefficient (Wildman–Crippen LogP) is 6.78. The molecule has 4 atom stereocenters. The summed E-state index contributed by atoms with van der Waals surface area (Å²) in [5.41, 5.74) is 12.5. The normalized spacial score (nSPS) is 28.3. The molecule has 0 aromatic heterocycles. The molecule has 32 heavy (non-hydrogen) atoms. The van der Waals surface area contributed by atoms with E-state index in [0.717, 1.165) is 24.9 Å². The summed E-state index contributed by atoms with van der Waals surface area (Å²) in [7, 11) is 0. The van der Waals surface area contributed by atoms with Crippen molar-refractivity contribution >= 4 is 0 Å². The van der Waals surface area contributed by atoms with E-state index in [4.69, 9.17) is 5.73 Å². The number of halogens is 1. The lowest BCUT2D eigenvalue weighted by Gasteiger charge is -2.56. The number of benzene rings is 2. The molecule has 0 aliphatic heterocycles. The monoisotopic (exact) mass is 436 g/mol. The van der Waals surface area contributed by atoms with Gasteiger partial charge in [0.25, 0.3) is 0 Å². The van der Waals surface area contributed by atoms with E-state index in [9.17, 15) is 4.39 Å². The van der Waals surface area contributed by atoms with Crippen LogP contribution in [-0.4, -0.2) is 12.1 Å². The van der Waals surface area contributed by atoms with Gasteiger partial charge in [0.2, 0.25) is 0 Å². The smallest absolute Gasteiger partial charge is 0.123 e. The van der Waals surface area contributed by atoms with Crippen molar-refractivity contribution in [2.24, 2.45) is 11.7 Å². The molecule has 3 N–H and O–H groups in total. The molecule has 2 aromatic carbocycles. The molecular formula is C29H41FN2. The zero-order valence-corrected chi connectivity index (χ0v) is 20.4. The van der Waals surface area contributed by atoms with E-state index in [2.05, 4.69) is 51.2 Å². The Hall–Kier alpha value is -1.71. The molecule has 2 aromatic rings. The van der Waals surface area contributed by atoms with Crippen molar-refractivity contribution in [3.05, 3.63) is 70.5 Å². The first-order valence-corrected chi connectivity index (χ1v) is 12.6. The number of nitrogens with two attached hydrogens (primary N) is 1. The lowest BCUT2D eigenvalue weighted by molar-refractivity contribution is 0.0624. The van der Waals surface area contributed by atoms with Crippen molar-refractivity contribution in [2.75, 3.05) is 6.54 Å². The van der Waals surface area contributed by atoms with E-state index >= 15 is 0 Å². The van der Waals surface area contributed by atoms with Gasteiger partial charge in [-0.1, -0.05) is 57.5 Å². The molecular weight excluding hydrogens is 395 g/mol. The standard InChI is InChI=1S/C29H41FN2/c1-20(2)22-10-14-25-23(19-22)11-15-27-28(25,3)16-6-17-29(27,4)32-18-5-7-26(31)21-8-12-24(30)13-9-21/h8-10,12-14,19-20,26-27,32H,5-7,11,15-18,31H2,1-4H3/t26?,27?,28-,29-/m1/s1. The second-order valence-corrected chi connectivity index (χ2v) is 11.1. The maximum absolute atomic E-state index is 13.2. The zero-order chi connectivity index (χ0) is 22.9. The van der Waals surface area contributed by atoms with Crippen LogP contribution in [-0.2, 0) is 11.8 Å². The van der Waals surface area contributed by atoms with E-state index in [1.54, 1.807) is 11.1 Å². The van der Waals surface area contributed by atoms with Crippen LogP contribution in [0.15, 0.2) is 42.5 Å². The van der Waals surface area contributed by atoms with Crippen molar-refractivity contribution in [3.8, 4) is 0 Å². The third-order valence-corrected chi connectivity index (χ3v) is 8.56. The molecule has 0 heterocycles. The highest BCUT2D eigenvalue weighted by molar-refractivity contribution is 5.42. The summed E-state index contributed by atoms with van der Waals surface area (Å²) in [5, 5.41) is 3.98. The molecule has 2 unspecified atom stereocenters. The Balaban J connectivity index is 1.41. The Labute approximate surface area is 194 Å². The Morgan fingerprint density at radius 3 is 2.50 bits per heavy atom. The van der Waals surface area contributed by atoms with E-state index in [1.165, 1.54) is 49.8 Å². The van der Waals surface area contributed by atoms with Crippen molar-refractivity contribution in [3.63, 3.8) is 0 Å². The van der Waals surface area contributed by atoms with Gasteiger partial charge >= 0.3 is 0 Å². The first-order valence-electron chi connectivity index (χ1n) is 12.6. The van der Waals surface area contributed by atoms with Crippen LogP contribution < -0.4 is 11.1 Å². The van der Waals surface area contributed by atoms with Gasteiger partial charge < -0.3 is 11.1 Å². The molecule has 2 aliphatic carbocycles. The molecule has 0 bridgehead atoms. The molecule has 174 valence electrons. The van der Waals surface area contributed by atoms with Crippen LogP contribution in [0.2, 0.25) is 0 Å². The van der Waals surface area contributed by atoms with Crippen molar-refractivity contribution in [1.82, 2.24) is 5.32 Å². The topological polar surface area (TPSA) is 38.0 Å². The highest BCUT2D eigenvalue weighted by Crippen LogP contribution is 2.53. The van der Waals surface area contributed by atoms with Gasteiger partial charge in [-0.05, 0) is 104 Å². The molecule has 4 rings (SSSR count). The quantitative estimate of drug-likeness (QED) is 0.469. The molecule has 3 heteroatoms. The maximum Gasteiger partial charge on any atom is 0.123 e. The van der Waals surface area contributed by atoms with E-state index in [-0.39, 0.29) is 22.8 Å². The van der Waals surface area contributed by atoms with E-state index in [0.29, 0.717) is 11.8 Å². The van der Waals surface area contributed by atoms with Gasteiger partial charge in [0.05, 0.1) is 0 Å². The molecule has 0 saturated heterocycles. The minimum absolute atomic E-state index is 0.0291. The summed E-state index contributed by atoms with van der Waals surface area (Å²) in [5.74, 6) is 1.04. The van der Waals surface area contributed by atoms with Gasteiger partial charge in [-0.3, -0.25) is 0 Å². The minimum atomic E-state index is -0.203. The number of fused-ring (bicyclic) bond motifs is 3.